The van der Waals surface area contributed by atoms with Crippen LogP contribution in [0, 0.1) is 5.82 Å². The highest BCUT2D eigenvalue weighted by atomic mass is 35.5. The van der Waals surface area contributed by atoms with Gasteiger partial charge in [-0.1, -0.05) is 17.7 Å². The number of hydrogen-bond donors (Lipinski definition) is 2. The van der Waals surface area contributed by atoms with Crippen molar-refractivity contribution in [2.24, 2.45) is 0 Å². The first-order valence-corrected chi connectivity index (χ1v) is 8.89. The molecule has 1 aliphatic heterocycles. The molecule has 0 saturated carbocycles. The van der Waals surface area contributed by atoms with E-state index in [0.717, 1.165) is 38.4 Å². The van der Waals surface area contributed by atoms with Crippen LogP contribution < -0.4 is 15.1 Å². The first kappa shape index (κ1) is 17.7. The maximum Gasteiger partial charge on any atom is 0.255 e. The molecule has 4 nitrogen and oxygen atoms in total. The molecule has 25 heavy (non-hydrogen) atoms. The summed E-state index contributed by atoms with van der Waals surface area (Å²) in [6.45, 7) is 7.49. The van der Waals surface area contributed by atoms with Crippen molar-refractivity contribution in [1.29, 1.82) is 0 Å². The van der Waals surface area contributed by atoms with Crippen LogP contribution >= 0.6 is 11.6 Å². The first-order valence-electron chi connectivity index (χ1n) is 8.52. The second-order valence-electron chi connectivity index (χ2n) is 6.22. The van der Waals surface area contributed by atoms with Crippen LogP contribution in [0.25, 0.3) is 0 Å². The number of nitrogens with one attached hydrogen (secondary N) is 2. The topological polar surface area (TPSA) is 36.8 Å². The second-order valence-corrected chi connectivity index (χ2v) is 6.63. The third-order valence-corrected chi connectivity index (χ3v) is 4.91. The quantitative estimate of drug-likeness (QED) is 0.876. The van der Waals surface area contributed by atoms with Crippen molar-refractivity contribution in [3.05, 3.63) is 58.9 Å². The summed E-state index contributed by atoms with van der Waals surface area (Å²) in [5, 5.41) is 3.37. The summed E-state index contributed by atoms with van der Waals surface area (Å²) in [5.74, 6) is -0.794. The molecular weight excluding hydrogens is 341 g/mol. The molecule has 1 saturated heterocycles. The smallest absolute Gasteiger partial charge is 0.255 e. The molecule has 2 aromatic rings. The molecule has 1 heterocycles. The van der Waals surface area contributed by atoms with Gasteiger partial charge in [0, 0.05) is 11.3 Å². The van der Waals surface area contributed by atoms with Crippen LogP contribution in [0.15, 0.2) is 42.5 Å². The van der Waals surface area contributed by atoms with E-state index in [1.165, 1.54) is 18.2 Å². The molecule has 0 bridgehead atoms. The Hall–Kier alpha value is -2.11. The van der Waals surface area contributed by atoms with Gasteiger partial charge in [-0.05, 0) is 43.3 Å². The number of carbonyl (C=O) groups excluding carboxylic acids is 1. The molecule has 0 unspecified atom stereocenters. The average molecular weight is 363 g/mol. The number of carbonyl (C=O) groups is 1. The van der Waals surface area contributed by atoms with Gasteiger partial charge in [-0.2, -0.15) is 0 Å². The van der Waals surface area contributed by atoms with E-state index in [0.29, 0.717) is 10.7 Å². The lowest BCUT2D eigenvalue weighted by atomic mass is 10.2. The van der Waals surface area contributed by atoms with Gasteiger partial charge < -0.3 is 15.1 Å². The normalized spacial score (nSPS) is 15.2. The number of hydrogen-bond acceptors (Lipinski definition) is 2. The van der Waals surface area contributed by atoms with Crippen LogP contribution in [0.1, 0.15) is 17.3 Å². The fraction of sp³-hybridized carbons (Fsp3) is 0.316. The lowest BCUT2D eigenvalue weighted by Gasteiger charge is -2.33. The Morgan fingerprint density at radius 3 is 2.64 bits per heavy atom. The van der Waals surface area contributed by atoms with Gasteiger partial charge >= 0.3 is 0 Å². The molecule has 0 spiro atoms. The largest absolute Gasteiger partial charge is 0.359 e. The lowest BCUT2D eigenvalue weighted by molar-refractivity contribution is -0.898. The predicted molar refractivity (Wildman–Crippen MR) is 99.3 cm³/mol. The Morgan fingerprint density at radius 1 is 1.24 bits per heavy atom. The predicted octanol–water partition coefficient (Wildman–Crippen LogP) is 2.46. The van der Waals surface area contributed by atoms with Crippen molar-refractivity contribution < 1.29 is 14.1 Å². The van der Waals surface area contributed by atoms with E-state index in [2.05, 4.69) is 17.1 Å². The van der Waals surface area contributed by atoms with Crippen molar-refractivity contribution in [2.45, 2.75) is 6.92 Å². The summed E-state index contributed by atoms with van der Waals surface area (Å²) in [7, 11) is 0. The molecule has 1 amide bonds. The van der Waals surface area contributed by atoms with Gasteiger partial charge in [-0.15, -0.1) is 0 Å². The van der Waals surface area contributed by atoms with Crippen molar-refractivity contribution in [3.8, 4) is 0 Å². The van der Waals surface area contributed by atoms with Gasteiger partial charge in [-0.25, -0.2) is 4.39 Å². The van der Waals surface area contributed by atoms with E-state index in [-0.39, 0.29) is 11.5 Å². The van der Waals surface area contributed by atoms with Gasteiger partial charge in [0.2, 0.25) is 0 Å². The summed E-state index contributed by atoms with van der Waals surface area (Å²) in [4.78, 5) is 16.1. The molecule has 1 aliphatic rings. The van der Waals surface area contributed by atoms with Crippen LogP contribution in [-0.2, 0) is 0 Å². The standard InChI is InChI=1S/C19H21ClFN3O/c1-2-23-8-10-24(11-9-23)18-7-6-16(13-17(18)20)22-19(25)14-4-3-5-15(21)12-14/h3-7,12-13H,2,8-11H2,1H3,(H,22,25)/p+1. The molecule has 2 N–H and O–H groups in total. The highest BCUT2D eigenvalue weighted by Gasteiger charge is 2.20. The van der Waals surface area contributed by atoms with Gasteiger partial charge in [-0.3, -0.25) is 4.79 Å². The molecular formula is C19H22ClFN3O+. The summed E-state index contributed by atoms with van der Waals surface area (Å²) >= 11 is 6.43. The van der Waals surface area contributed by atoms with Crippen LogP contribution in [0.2, 0.25) is 5.02 Å². The van der Waals surface area contributed by atoms with Gasteiger partial charge in [0.05, 0.1) is 43.4 Å². The van der Waals surface area contributed by atoms with Crippen LogP contribution in [-0.4, -0.2) is 38.6 Å². The zero-order valence-electron chi connectivity index (χ0n) is 14.2. The Labute approximate surface area is 152 Å². The van der Waals surface area contributed by atoms with E-state index >= 15 is 0 Å². The van der Waals surface area contributed by atoms with Crippen molar-refractivity contribution in [3.63, 3.8) is 0 Å². The van der Waals surface area contributed by atoms with Crippen molar-refractivity contribution in [1.82, 2.24) is 0 Å². The van der Waals surface area contributed by atoms with Crippen LogP contribution in [0.5, 0.6) is 0 Å². The van der Waals surface area contributed by atoms with E-state index < -0.39 is 5.82 Å². The van der Waals surface area contributed by atoms with E-state index in [9.17, 15) is 9.18 Å². The fourth-order valence-electron chi connectivity index (χ4n) is 3.09. The van der Waals surface area contributed by atoms with Crippen molar-refractivity contribution in [2.75, 3.05) is 42.9 Å². The Bertz CT molecular complexity index is 760. The van der Waals surface area contributed by atoms with Gasteiger partial charge in [0.15, 0.2) is 0 Å². The summed E-state index contributed by atoms with van der Waals surface area (Å²) < 4.78 is 13.2. The number of likely N-dealkylation sites (N-methyl/N-ethyl adjacent to an activating group) is 1. The zero-order chi connectivity index (χ0) is 17.8. The number of nitrogens with zero attached hydrogens (tertiary/aromatic N) is 1. The Morgan fingerprint density at radius 2 is 2.00 bits per heavy atom. The minimum atomic E-state index is -0.436. The minimum absolute atomic E-state index is 0.277. The SMILES string of the molecule is CC[NH+]1CCN(c2ccc(NC(=O)c3cccc(F)c3)cc2Cl)CC1. The Balaban J connectivity index is 1.69. The zero-order valence-corrected chi connectivity index (χ0v) is 14.9. The molecule has 132 valence electrons. The number of piperazine rings is 1. The molecule has 0 aliphatic carbocycles. The number of quaternary nitrogens is 1. The lowest BCUT2D eigenvalue weighted by Crippen LogP contribution is -3.14. The molecule has 6 heteroatoms. The molecule has 0 atom stereocenters. The van der Waals surface area contributed by atoms with Gasteiger partial charge in [0.25, 0.3) is 5.91 Å². The van der Waals surface area contributed by atoms with Crippen LogP contribution in [0.4, 0.5) is 15.8 Å². The number of benzene rings is 2. The summed E-state index contributed by atoms with van der Waals surface area (Å²) in [5.41, 5.74) is 1.86. The maximum absolute atomic E-state index is 13.2. The highest BCUT2D eigenvalue weighted by molar-refractivity contribution is 6.33. The third kappa shape index (κ3) is 4.30. The number of halogens is 2. The number of anilines is 2. The summed E-state index contributed by atoms with van der Waals surface area (Å²) in [6.07, 6.45) is 0. The number of rotatable bonds is 4. The number of amides is 1. The van der Waals surface area contributed by atoms with Crippen molar-refractivity contribution >= 4 is 28.9 Å². The molecule has 2 aromatic carbocycles. The average Bonchev–Trinajstić information content (AvgIpc) is 2.62. The monoisotopic (exact) mass is 362 g/mol. The molecule has 0 radical (unpaired) electrons. The fourth-order valence-corrected chi connectivity index (χ4v) is 3.39. The third-order valence-electron chi connectivity index (χ3n) is 4.60. The van der Waals surface area contributed by atoms with E-state index in [1.807, 2.05) is 12.1 Å². The van der Waals surface area contributed by atoms with Crippen LogP contribution in [0.3, 0.4) is 0 Å². The minimum Gasteiger partial charge on any atom is -0.359 e. The molecule has 0 aromatic heterocycles. The molecule has 1 fully saturated rings. The maximum atomic E-state index is 13.2. The van der Waals surface area contributed by atoms with E-state index in [1.54, 1.807) is 17.0 Å². The van der Waals surface area contributed by atoms with Gasteiger partial charge in [0.1, 0.15) is 5.82 Å². The second kappa shape index (κ2) is 7.85. The Kier molecular flexibility index (Phi) is 5.56. The first-order chi connectivity index (χ1) is 12.1. The highest BCUT2D eigenvalue weighted by Crippen LogP contribution is 2.29. The molecule has 3 rings (SSSR count). The summed E-state index contributed by atoms with van der Waals surface area (Å²) in [6, 6.07) is 11.1. The van der Waals surface area contributed by atoms with E-state index in [4.69, 9.17) is 11.6 Å².